The molecule has 2 aromatic rings. The zero-order chi connectivity index (χ0) is 22.3. The molecule has 0 spiro atoms. The van der Waals surface area contributed by atoms with Crippen LogP contribution in [0.4, 0.5) is 5.69 Å². The number of benzene rings is 2. The van der Waals surface area contributed by atoms with Crippen molar-refractivity contribution in [1.29, 1.82) is 0 Å². The zero-order valence-electron chi connectivity index (χ0n) is 17.2. The Morgan fingerprint density at radius 3 is 2.58 bits per heavy atom. The summed E-state index contributed by atoms with van der Waals surface area (Å²) < 4.78 is 37.7. The SMILES string of the molecule is COc1ccc(S(=O)(=O)N2CCOCC2)cc1NC(=O)CCCSc1ccc(Cl)cc1. The quantitative estimate of drug-likeness (QED) is 0.429. The third kappa shape index (κ3) is 6.60. The second-order valence-corrected chi connectivity index (χ2v) is 10.4. The van der Waals surface area contributed by atoms with Crippen molar-refractivity contribution >= 4 is 45.0 Å². The Morgan fingerprint density at radius 2 is 1.90 bits per heavy atom. The van der Waals surface area contributed by atoms with Crippen molar-refractivity contribution < 1.29 is 22.7 Å². The van der Waals surface area contributed by atoms with Gasteiger partial charge in [0.25, 0.3) is 0 Å². The summed E-state index contributed by atoms with van der Waals surface area (Å²) in [6.45, 7) is 1.35. The first-order valence-electron chi connectivity index (χ1n) is 9.84. The molecule has 0 radical (unpaired) electrons. The van der Waals surface area contributed by atoms with Crippen molar-refractivity contribution in [2.24, 2.45) is 0 Å². The molecule has 1 amide bonds. The highest BCUT2D eigenvalue weighted by atomic mass is 35.5. The van der Waals surface area contributed by atoms with Crippen molar-refractivity contribution in [3.63, 3.8) is 0 Å². The minimum absolute atomic E-state index is 0.115. The number of rotatable bonds is 9. The van der Waals surface area contributed by atoms with Crippen LogP contribution in [0.1, 0.15) is 12.8 Å². The monoisotopic (exact) mass is 484 g/mol. The Labute approximate surface area is 192 Å². The van der Waals surface area contributed by atoms with Crippen LogP contribution in [0.25, 0.3) is 0 Å². The maximum absolute atomic E-state index is 12.9. The summed E-state index contributed by atoms with van der Waals surface area (Å²) in [6.07, 6.45) is 0.984. The summed E-state index contributed by atoms with van der Waals surface area (Å²) in [5, 5.41) is 3.48. The molecule has 2 aromatic carbocycles. The minimum Gasteiger partial charge on any atom is -0.495 e. The van der Waals surface area contributed by atoms with E-state index in [-0.39, 0.29) is 10.8 Å². The molecule has 31 heavy (non-hydrogen) atoms. The smallest absolute Gasteiger partial charge is 0.243 e. The van der Waals surface area contributed by atoms with Crippen LogP contribution in [0.15, 0.2) is 52.3 Å². The molecular formula is C21H25ClN2O5S2. The fourth-order valence-corrected chi connectivity index (χ4v) is 5.46. The van der Waals surface area contributed by atoms with E-state index in [9.17, 15) is 13.2 Å². The molecule has 168 valence electrons. The highest BCUT2D eigenvalue weighted by Crippen LogP contribution is 2.29. The molecule has 1 fully saturated rings. The number of nitrogens with one attached hydrogen (secondary N) is 1. The number of ether oxygens (including phenoxy) is 2. The van der Waals surface area contributed by atoms with E-state index in [1.54, 1.807) is 17.8 Å². The molecule has 0 aromatic heterocycles. The lowest BCUT2D eigenvalue weighted by Gasteiger charge is -2.26. The van der Waals surface area contributed by atoms with Crippen molar-refractivity contribution in [2.75, 3.05) is 44.5 Å². The number of amides is 1. The number of hydrogen-bond donors (Lipinski definition) is 1. The molecule has 10 heteroatoms. The van der Waals surface area contributed by atoms with Gasteiger partial charge in [0.2, 0.25) is 15.9 Å². The van der Waals surface area contributed by atoms with Gasteiger partial charge in [0.05, 0.1) is 30.9 Å². The maximum atomic E-state index is 12.9. The van der Waals surface area contributed by atoms with Gasteiger partial charge in [-0.1, -0.05) is 11.6 Å². The number of thioether (sulfide) groups is 1. The van der Waals surface area contributed by atoms with Crippen LogP contribution >= 0.6 is 23.4 Å². The molecule has 0 bridgehead atoms. The van der Waals surface area contributed by atoms with Crippen LogP contribution in [0.3, 0.4) is 0 Å². The Morgan fingerprint density at radius 1 is 1.19 bits per heavy atom. The maximum Gasteiger partial charge on any atom is 0.243 e. The van der Waals surface area contributed by atoms with Gasteiger partial charge in [-0.3, -0.25) is 4.79 Å². The third-order valence-electron chi connectivity index (χ3n) is 4.68. The van der Waals surface area contributed by atoms with Crippen LogP contribution in [0.5, 0.6) is 5.75 Å². The number of sulfonamides is 1. The summed E-state index contributed by atoms with van der Waals surface area (Å²) in [5.74, 6) is 0.984. The second-order valence-electron chi connectivity index (χ2n) is 6.83. The fourth-order valence-electron chi connectivity index (χ4n) is 3.05. The summed E-state index contributed by atoms with van der Waals surface area (Å²) >= 11 is 7.53. The van der Waals surface area contributed by atoms with Gasteiger partial charge in [-0.15, -0.1) is 11.8 Å². The molecule has 1 aliphatic rings. The van der Waals surface area contributed by atoms with Crippen LogP contribution < -0.4 is 10.1 Å². The molecule has 0 saturated carbocycles. The van der Waals surface area contributed by atoms with Gasteiger partial charge in [-0.2, -0.15) is 4.31 Å². The zero-order valence-corrected chi connectivity index (χ0v) is 19.6. The predicted molar refractivity (Wildman–Crippen MR) is 123 cm³/mol. The van der Waals surface area contributed by atoms with E-state index in [1.807, 2.05) is 24.3 Å². The largest absolute Gasteiger partial charge is 0.495 e. The van der Waals surface area contributed by atoms with Crippen molar-refractivity contribution in [3.05, 3.63) is 47.5 Å². The number of morpholine rings is 1. The van der Waals surface area contributed by atoms with E-state index in [1.165, 1.54) is 23.5 Å². The summed E-state index contributed by atoms with van der Waals surface area (Å²) in [5.41, 5.74) is 0.340. The third-order valence-corrected chi connectivity index (χ3v) is 7.93. The number of methoxy groups -OCH3 is 1. The molecule has 0 unspecified atom stereocenters. The van der Waals surface area contributed by atoms with Gasteiger partial charge in [-0.05, 0) is 54.6 Å². The Hall–Kier alpha value is -1.78. The minimum atomic E-state index is -3.67. The van der Waals surface area contributed by atoms with Crippen molar-refractivity contribution in [1.82, 2.24) is 4.31 Å². The Bertz CT molecular complexity index is 993. The van der Waals surface area contributed by atoms with E-state index in [2.05, 4.69) is 5.32 Å². The molecular weight excluding hydrogens is 460 g/mol. The summed E-state index contributed by atoms with van der Waals surface area (Å²) in [4.78, 5) is 13.6. The van der Waals surface area contributed by atoms with E-state index in [0.29, 0.717) is 55.6 Å². The number of carbonyl (C=O) groups is 1. The van der Waals surface area contributed by atoms with Gasteiger partial charge in [0, 0.05) is 29.4 Å². The molecule has 1 heterocycles. The number of halogens is 1. The van der Waals surface area contributed by atoms with Crippen molar-refractivity contribution in [3.8, 4) is 5.75 Å². The van der Waals surface area contributed by atoms with E-state index >= 15 is 0 Å². The predicted octanol–water partition coefficient (Wildman–Crippen LogP) is 3.88. The van der Waals surface area contributed by atoms with Crippen LogP contribution in [-0.4, -0.2) is 57.8 Å². The van der Waals surface area contributed by atoms with E-state index < -0.39 is 10.0 Å². The Kier molecular flexibility index (Phi) is 8.62. The lowest BCUT2D eigenvalue weighted by atomic mass is 10.2. The summed E-state index contributed by atoms with van der Waals surface area (Å²) in [7, 11) is -2.19. The van der Waals surface area contributed by atoms with Gasteiger partial charge in [-0.25, -0.2) is 8.42 Å². The fraction of sp³-hybridized carbons (Fsp3) is 0.381. The molecule has 1 aliphatic heterocycles. The first-order valence-corrected chi connectivity index (χ1v) is 12.6. The van der Waals surface area contributed by atoms with Crippen molar-refractivity contribution in [2.45, 2.75) is 22.6 Å². The normalized spacial score (nSPS) is 14.9. The molecule has 0 aliphatic carbocycles. The average molecular weight is 485 g/mol. The lowest BCUT2D eigenvalue weighted by Crippen LogP contribution is -2.40. The molecule has 0 atom stereocenters. The van der Waals surface area contributed by atoms with Crippen LogP contribution in [-0.2, 0) is 19.6 Å². The first kappa shape index (κ1) is 23.9. The van der Waals surface area contributed by atoms with Gasteiger partial charge < -0.3 is 14.8 Å². The van der Waals surface area contributed by atoms with E-state index in [0.717, 1.165) is 10.6 Å². The van der Waals surface area contributed by atoms with Crippen LogP contribution in [0.2, 0.25) is 5.02 Å². The van der Waals surface area contributed by atoms with Gasteiger partial charge in [0.1, 0.15) is 5.75 Å². The number of carbonyl (C=O) groups excluding carboxylic acids is 1. The molecule has 7 nitrogen and oxygen atoms in total. The molecule has 1 N–H and O–H groups in total. The average Bonchev–Trinajstić information content (AvgIpc) is 2.78. The standard InChI is InChI=1S/C21H25ClN2O5S2/c1-28-20-9-8-18(31(26,27)24-10-12-29-13-11-24)15-19(20)23-21(25)3-2-14-30-17-6-4-16(22)5-7-17/h4-9,15H,2-3,10-14H2,1H3,(H,23,25). The summed E-state index contributed by atoms with van der Waals surface area (Å²) in [6, 6.07) is 12.0. The highest BCUT2D eigenvalue weighted by molar-refractivity contribution is 7.99. The van der Waals surface area contributed by atoms with Crippen LogP contribution in [0, 0.1) is 0 Å². The number of hydrogen-bond acceptors (Lipinski definition) is 6. The molecule has 1 saturated heterocycles. The van der Waals surface area contributed by atoms with Gasteiger partial charge >= 0.3 is 0 Å². The second kappa shape index (κ2) is 11.2. The Balaban J connectivity index is 1.59. The van der Waals surface area contributed by atoms with Gasteiger partial charge in [0.15, 0.2) is 0 Å². The first-order chi connectivity index (χ1) is 14.9. The lowest BCUT2D eigenvalue weighted by molar-refractivity contribution is -0.116. The number of nitrogens with zero attached hydrogens (tertiary/aromatic N) is 1. The highest BCUT2D eigenvalue weighted by Gasteiger charge is 2.27. The number of anilines is 1. The topological polar surface area (TPSA) is 84.9 Å². The molecule has 3 rings (SSSR count). The van der Waals surface area contributed by atoms with E-state index in [4.69, 9.17) is 21.1 Å².